The number of para-hydroxylation sites is 2. The minimum absolute atomic E-state index is 0.591. The van der Waals surface area contributed by atoms with Gasteiger partial charge in [-0.3, -0.25) is 0 Å². The summed E-state index contributed by atoms with van der Waals surface area (Å²) >= 11 is 0. The predicted octanol–water partition coefficient (Wildman–Crippen LogP) is 13.5. The van der Waals surface area contributed by atoms with Crippen LogP contribution in [0, 0.1) is 0 Å². The Morgan fingerprint density at radius 3 is 0.871 bits per heavy atom. The first-order valence-electron chi connectivity index (χ1n) is 20.3. The molecule has 0 fully saturated rings. The smallest absolute Gasteiger partial charge is 0.164 e. The maximum atomic E-state index is 6.10. The summed E-state index contributed by atoms with van der Waals surface area (Å²) in [6.45, 7) is 0. The van der Waals surface area contributed by atoms with E-state index in [2.05, 4.69) is 72.8 Å². The van der Waals surface area contributed by atoms with Crippen molar-refractivity contribution in [2.75, 3.05) is 0 Å². The van der Waals surface area contributed by atoms with Gasteiger partial charge in [0, 0.05) is 54.9 Å². The molecule has 0 radical (unpaired) electrons. The molecular formula is C54H32N6O2. The molecule has 8 heteroatoms. The molecule has 62 heavy (non-hydrogen) atoms. The first-order chi connectivity index (χ1) is 30.7. The molecule has 4 heterocycles. The Morgan fingerprint density at radius 2 is 0.484 bits per heavy atom. The zero-order valence-corrected chi connectivity index (χ0v) is 33.0. The van der Waals surface area contributed by atoms with Crippen molar-refractivity contribution in [1.29, 1.82) is 0 Å². The maximum Gasteiger partial charge on any atom is 0.164 e. The summed E-state index contributed by atoms with van der Waals surface area (Å²) in [6, 6.07) is 65.0. The van der Waals surface area contributed by atoms with Crippen molar-refractivity contribution in [3.8, 4) is 79.5 Å². The van der Waals surface area contributed by atoms with E-state index < -0.39 is 0 Å². The predicted molar refractivity (Wildman–Crippen MR) is 246 cm³/mol. The quantitative estimate of drug-likeness (QED) is 0.157. The van der Waals surface area contributed by atoms with Crippen LogP contribution >= 0.6 is 0 Å². The van der Waals surface area contributed by atoms with E-state index in [1.807, 2.05) is 121 Å². The summed E-state index contributed by atoms with van der Waals surface area (Å²) in [5.74, 6) is 3.58. The number of furan rings is 2. The van der Waals surface area contributed by atoms with Crippen molar-refractivity contribution in [2.45, 2.75) is 0 Å². The van der Waals surface area contributed by atoms with Crippen LogP contribution in [0.4, 0.5) is 0 Å². The van der Waals surface area contributed by atoms with Crippen LogP contribution in [0.15, 0.2) is 203 Å². The van der Waals surface area contributed by atoms with Gasteiger partial charge in [0.25, 0.3) is 0 Å². The number of hydrogen-bond acceptors (Lipinski definition) is 8. The van der Waals surface area contributed by atoms with E-state index >= 15 is 0 Å². The molecule has 0 amide bonds. The highest BCUT2D eigenvalue weighted by molar-refractivity contribution is 6.07. The van der Waals surface area contributed by atoms with Gasteiger partial charge < -0.3 is 8.83 Å². The first-order valence-corrected chi connectivity index (χ1v) is 20.3. The van der Waals surface area contributed by atoms with Crippen molar-refractivity contribution in [1.82, 2.24) is 29.9 Å². The van der Waals surface area contributed by atoms with Crippen molar-refractivity contribution in [3.05, 3.63) is 194 Å². The van der Waals surface area contributed by atoms with Crippen LogP contribution in [0.2, 0.25) is 0 Å². The van der Waals surface area contributed by atoms with Crippen LogP contribution in [0.25, 0.3) is 123 Å². The molecule has 8 aromatic carbocycles. The molecule has 0 saturated heterocycles. The molecule has 0 bridgehead atoms. The Balaban J connectivity index is 0.883. The highest BCUT2D eigenvalue weighted by Crippen LogP contribution is 2.35. The van der Waals surface area contributed by atoms with Crippen LogP contribution in [-0.4, -0.2) is 29.9 Å². The Hall–Kier alpha value is -8.62. The third-order valence-electron chi connectivity index (χ3n) is 11.2. The minimum atomic E-state index is 0.591. The Kier molecular flexibility index (Phi) is 8.31. The standard InChI is InChI=1S/C54H32N6O2/c1-3-11-35(12-4-1)49-55-51(59-53(57-49)39-27-29-47-43(31-39)41-15-7-9-17-45(41)61-47)37-23-19-33(20-24-37)34-21-25-38(26-22-34)52-56-50(36-13-5-2-6-14-36)58-54(60-52)40-28-30-48-44(32-40)42-16-8-10-18-46(42)62-48/h1-32H. The van der Waals surface area contributed by atoms with Gasteiger partial charge in [0.05, 0.1) is 0 Å². The molecule has 0 N–H and O–H groups in total. The zero-order valence-electron chi connectivity index (χ0n) is 33.0. The van der Waals surface area contributed by atoms with Crippen LogP contribution in [0.1, 0.15) is 0 Å². The fourth-order valence-corrected chi connectivity index (χ4v) is 8.05. The fourth-order valence-electron chi connectivity index (χ4n) is 8.05. The van der Waals surface area contributed by atoms with Crippen LogP contribution in [0.3, 0.4) is 0 Å². The van der Waals surface area contributed by atoms with Crippen LogP contribution in [-0.2, 0) is 0 Å². The van der Waals surface area contributed by atoms with Gasteiger partial charge in [-0.25, -0.2) is 29.9 Å². The summed E-state index contributed by atoms with van der Waals surface area (Å²) in [5, 5.41) is 4.15. The molecule has 0 spiro atoms. The van der Waals surface area contributed by atoms with E-state index in [9.17, 15) is 0 Å². The Morgan fingerprint density at radius 1 is 0.210 bits per heavy atom. The molecular weight excluding hydrogens is 765 g/mol. The SMILES string of the molecule is c1ccc(-c2nc(-c3ccc(-c4ccc(-c5nc(-c6ccccc6)nc(-c6ccc7oc8ccccc8c7c6)n5)cc4)cc3)nc(-c3ccc4oc5ccccc5c4c3)n2)cc1. The number of rotatable bonds is 7. The van der Waals surface area contributed by atoms with Crippen molar-refractivity contribution >= 4 is 43.9 Å². The molecule has 0 unspecified atom stereocenters. The summed E-state index contributed by atoms with van der Waals surface area (Å²) in [4.78, 5) is 29.9. The molecule has 0 aliphatic rings. The molecule has 4 aromatic heterocycles. The summed E-state index contributed by atoms with van der Waals surface area (Å²) < 4.78 is 12.2. The molecule has 0 aliphatic carbocycles. The molecule has 12 aromatic rings. The second-order valence-corrected chi connectivity index (χ2v) is 15.1. The molecule has 0 saturated carbocycles. The van der Waals surface area contributed by atoms with E-state index in [0.29, 0.717) is 34.9 Å². The highest BCUT2D eigenvalue weighted by atomic mass is 16.3. The molecule has 0 atom stereocenters. The van der Waals surface area contributed by atoms with E-state index in [-0.39, 0.29) is 0 Å². The number of fused-ring (bicyclic) bond motifs is 6. The number of aromatic nitrogens is 6. The lowest BCUT2D eigenvalue weighted by molar-refractivity contribution is 0.668. The van der Waals surface area contributed by atoms with Crippen LogP contribution < -0.4 is 0 Å². The first kappa shape index (κ1) is 35.3. The largest absolute Gasteiger partial charge is 0.456 e. The average Bonchev–Trinajstić information content (AvgIpc) is 3.92. The van der Waals surface area contributed by atoms with Crippen molar-refractivity contribution in [2.24, 2.45) is 0 Å². The van der Waals surface area contributed by atoms with E-state index in [1.165, 1.54) is 0 Å². The van der Waals surface area contributed by atoms with Gasteiger partial charge in [-0.15, -0.1) is 0 Å². The third-order valence-corrected chi connectivity index (χ3v) is 11.2. The molecule has 290 valence electrons. The van der Waals surface area contributed by atoms with E-state index in [0.717, 1.165) is 88.4 Å². The number of nitrogens with zero attached hydrogens (tertiary/aromatic N) is 6. The monoisotopic (exact) mass is 796 g/mol. The lowest BCUT2D eigenvalue weighted by atomic mass is 10.0. The van der Waals surface area contributed by atoms with Crippen molar-refractivity contribution in [3.63, 3.8) is 0 Å². The maximum absolute atomic E-state index is 6.10. The molecule has 12 rings (SSSR count). The lowest BCUT2D eigenvalue weighted by Crippen LogP contribution is -2.00. The van der Waals surface area contributed by atoms with Gasteiger partial charge in [-0.1, -0.05) is 146 Å². The Labute approximate surface area is 354 Å². The van der Waals surface area contributed by atoms with Gasteiger partial charge in [-0.05, 0) is 59.7 Å². The summed E-state index contributed by atoms with van der Waals surface area (Å²) in [5.41, 5.74) is 10.8. The van der Waals surface area contributed by atoms with E-state index in [1.54, 1.807) is 0 Å². The topological polar surface area (TPSA) is 104 Å². The van der Waals surface area contributed by atoms with Crippen LogP contribution in [0.5, 0.6) is 0 Å². The molecule has 0 aliphatic heterocycles. The normalized spacial score (nSPS) is 11.5. The Bertz CT molecular complexity index is 3380. The third kappa shape index (κ3) is 6.34. The zero-order chi connectivity index (χ0) is 41.0. The second-order valence-electron chi connectivity index (χ2n) is 15.1. The number of benzene rings is 8. The number of hydrogen-bond donors (Lipinski definition) is 0. The van der Waals surface area contributed by atoms with Crippen molar-refractivity contribution < 1.29 is 8.83 Å². The fraction of sp³-hybridized carbons (Fsp3) is 0. The van der Waals surface area contributed by atoms with Gasteiger partial charge in [0.2, 0.25) is 0 Å². The molecule has 8 nitrogen and oxygen atoms in total. The second kappa shape index (κ2) is 14.6. The summed E-state index contributed by atoms with van der Waals surface area (Å²) in [6.07, 6.45) is 0. The van der Waals surface area contributed by atoms with Gasteiger partial charge in [0.1, 0.15) is 22.3 Å². The van der Waals surface area contributed by atoms with Gasteiger partial charge in [-0.2, -0.15) is 0 Å². The average molecular weight is 797 g/mol. The van der Waals surface area contributed by atoms with Gasteiger partial charge >= 0.3 is 0 Å². The highest BCUT2D eigenvalue weighted by Gasteiger charge is 2.17. The van der Waals surface area contributed by atoms with E-state index in [4.69, 9.17) is 38.7 Å². The summed E-state index contributed by atoms with van der Waals surface area (Å²) in [7, 11) is 0. The minimum Gasteiger partial charge on any atom is -0.456 e. The lowest BCUT2D eigenvalue weighted by Gasteiger charge is -2.10. The van der Waals surface area contributed by atoms with Gasteiger partial charge in [0.15, 0.2) is 34.9 Å².